The number of urea groups is 1. The van der Waals surface area contributed by atoms with E-state index in [0.29, 0.717) is 11.6 Å². The number of carbonyl (C=O) groups is 2. The molecule has 0 heterocycles. The summed E-state index contributed by atoms with van der Waals surface area (Å²) in [6, 6.07) is 4.54. The highest BCUT2D eigenvalue weighted by molar-refractivity contribution is 6.01. The number of rotatable bonds is 5. The third kappa shape index (κ3) is 3.98. The highest BCUT2D eigenvalue weighted by Crippen LogP contribution is 2.20. The van der Waals surface area contributed by atoms with Gasteiger partial charge in [-0.25, -0.2) is 9.59 Å². The van der Waals surface area contributed by atoms with Gasteiger partial charge in [-0.1, -0.05) is 32.4 Å². The fourth-order valence-corrected chi connectivity index (χ4v) is 1.86. The molecule has 5 heteroatoms. The maximum Gasteiger partial charge on any atom is 0.337 e. The Morgan fingerprint density at radius 2 is 1.95 bits per heavy atom. The Kier molecular flexibility index (Phi) is 5.55. The lowest BCUT2D eigenvalue weighted by Crippen LogP contribution is -2.40. The standard InChI is InChI=1S/C15H22N2O3/c1-5-9(2)11(4)16-15(20)17-13-10(3)7-6-8-12(13)14(18)19/h6-9,11H,5H2,1-4H3,(H,18,19)(H2,16,17,20). The van der Waals surface area contributed by atoms with Crippen LogP contribution in [0.3, 0.4) is 0 Å². The summed E-state index contributed by atoms with van der Waals surface area (Å²) in [5.41, 5.74) is 1.15. The summed E-state index contributed by atoms with van der Waals surface area (Å²) < 4.78 is 0. The van der Waals surface area contributed by atoms with Gasteiger partial charge in [-0.05, 0) is 31.4 Å². The summed E-state index contributed by atoms with van der Waals surface area (Å²) >= 11 is 0. The molecule has 0 aliphatic rings. The molecule has 0 radical (unpaired) electrons. The molecular weight excluding hydrogens is 256 g/mol. The van der Waals surface area contributed by atoms with E-state index in [9.17, 15) is 9.59 Å². The molecule has 0 saturated carbocycles. The lowest BCUT2D eigenvalue weighted by molar-refractivity contribution is 0.0698. The predicted octanol–water partition coefficient (Wildman–Crippen LogP) is 3.25. The van der Waals surface area contributed by atoms with Crippen LogP contribution in [0.2, 0.25) is 0 Å². The van der Waals surface area contributed by atoms with E-state index < -0.39 is 5.97 Å². The van der Waals surface area contributed by atoms with Crippen molar-refractivity contribution in [3.63, 3.8) is 0 Å². The average molecular weight is 278 g/mol. The van der Waals surface area contributed by atoms with E-state index in [1.54, 1.807) is 19.1 Å². The van der Waals surface area contributed by atoms with Gasteiger partial charge in [-0.15, -0.1) is 0 Å². The zero-order chi connectivity index (χ0) is 15.3. The highest BCUT2D eigenvalue weighted by atomic mass is 16.4. The Morgan fingerprint density at radius 3 is 2.50 bits per heavy atom. The monoisotopic (exact) mass is 278 g/mol. The average Bonchev–Trinajstić information content (AvgIpc) is 2.39. The van der Waals surface area contributed by atoms with Crippen LogP contribution in [-0.4, -0.2) is 23.1 Å². The van der Waals surface area contributed by atoms with Crippen molar-refractivity contribution in [2.45, 2.75) is 40.2 Å². The maximum atomic E-state index is 12.0. The Bertz CT molecular complexity index is 500. The number of carboxylic acids is 1. The van der Waals surface area contributed by atoms with Crippen molar-refractivity contribution in [3.05, 3.63) is 29.3 Å². The van der Waals surface area contributed by atoms with Crippen LogP contribution < -0.4 is 10.6 Å². The van der Waals surface area contributed by atoms with Crippen molar-refractivity contribution in [2.75, 3.05) is 5.32 Å². The van der Waals surface area contributed by atoms with Crippen LogP contribution in [0.4, 0.5) is 10.5 Å². The molecule has 3 N–H and O–H groups in total. The van der Waals surface area contributed by atoms with Gasteiger partial charge in [0.15, 0.2) is 0 Å². The molecule has 1 aromatic rings. The van der Waals surface area contributed by atoms with Crippen molar-refractivity contribution in [1.82, 2.24) is 5.32 Å². The van der Waals surface area contributed by atoms with Crippen LogP contribution in [0.5, 0.6) is 0 Å². The van der Waals surface area contributed by atoms with Gasteiger partial charge in [-0.2, -0.15) is 0 Å². The van der Waals surface area contributed by atoms with Crippen LogP contribution in [0, 0.1) is 12.8 Å². The minimum atomic E-state index is -1.06. The molecule has 2 atom stereocenters. The number of anilines is 1. The fraction of sp³-hybridized carbons (Fsp3) is 0.467. The molecule has 0 aliphatic carbocycles. The van der Waals surface area contributed by atoms with E-state index in [4.69, 9.17) is 5.11 Å². The zero-order valence-corrected chi connectivity index (χ0v) is 12.4. The van der Waals surface area contributed by atoms with Crippen molar-refractivity contribution in [3.8, 4) is 0 Å². The molecule has 20 heavy (non-hydrogen) atoms. The van der Waals surface area contributed by atoms with Gasteiger partial charge in [0.2, 0.25) is 0 Å². The SMILES string of the molecule is CCC(C)C(C)NC(=O)Nc1c(C)cccc1C(=O)O. The van der Waals surface area contributed by atoms with E-state index in [2.05, 4.69) is 24.5 Å². The number of para-hydroxylation sites is 1. The molecule has 1 aromatic carbocycles. The summed E-state index contributed by atoms with van der Waals surface area (Å²) in [4.78, 5) is 23.1. The van der Waals surface area contributed by atoms with Crippen LogP contribution in [0.25, 0.3) is 0 Å². The van der Waals surface area contributed by atoms with Crippen LogP contribution in [0.15, 0.2) is 18.2 Å². The third-order valence-corrected chi connectivity index (χ3v) is 3.60. The molecule has 0 saturated heterocycles. The second kappa shape index (κ2) is 6.93. The molecule has 5 nitrogen and oxygen atoms in total. The van der Waals surface area contributed by atoms with Gasteiger partial charge in [0, 0.05) is 6.04 Å². The van der Waals surface area contributed by atoms with Gasteiger partial charge in [0.25, 0.3) is 0 Å². The first kappa shape index (κ1) is 16.0. The Labute approximate surface area is 119 Å². The third-order valence-electron chi connectivity index (χ3n) is 3.60. The van der Waals surface area contributed by atoms with E-state index in [0.717, 1.165) is 12.0 Å². The zero-order valence-electron chi connectivity index (χ0n) is 12.4. The molecule has 0 spiro atoms. The van der Waals surface area contributed by atoms with Crippen LogP contribution in [-0.2, 0) is 0 Å². The lowest BCUT2D eigenvalue weighted by atomic mass is 10.0. The van der Waals surface area contributed by atoms with Crippen LogP contribution >= 0.6 is 0 Å². The van der Waals surface area contributed by atoms with Gasteiger partial charge >= 0.3 is 12.0 Å². The summed E-state index contributed by atoms with van der Waals surface area (Å²) in [7, 11) is 0. The number of hydrogen-bond donors (Lipinski definition) is 3. The highest BCUT2D eigenvalue weighted by Gasteiger charge is 2.17. The largest absolute Gasteiger partial charge is 0.478 e. The van der Waals surface area contributed by atoms with Gasteiger partial charge < -0.3 is 15.7 Å². The summed E-state index contributed by atoms with van der Waals surface area (Å²) in [6.07, 6.45) is 0.964. The Hall–Kier alpha value is -2.04. The minimum Gasteiger partial charge on any atom is -0.478 e. The molecule has 1 rings (SSSR count). The first-order chi connectivity index (χ1) is 9.36. The van der Waals surface area contributed by atoms with Gasteiger partial charge in [0.1, 0.15) is 0 Å². The molecule has 0 aromatic heterocycles. The number of nitrogens with one attached hydrogen (secondary N) is 2. The first-order valence-corrected chi connectivity index (χ1v) is 6.77. The van der Waals surface area contributed by atoms with Gasteiger partial charge in [0.05, 0.1) is 11.3 Å². The number of benzene rings is 1. The molecule has 0 fully saturated rings. The molecular formula is C15H22N2O3. The lowest BCUT2D eigenvalue weighted by Gasteiger charge is -2.21. The van der Waals surface area contributed by atoms with Crippen molar-refractivity contribution >= 4 is 17.7 Å². The van der Waals surface area contributed by atoms with Crippen molar-refractivity contribution in [2.24, 2.45) is 5.92 Å². The van der Waals surface area contributed by atoms with Crippen LogP contribution in [0.1, 0.15) is 43.1 Å². The first-order valence-electron chi connectivity index (χ1n) is 6.77. The summed E-state index contributed by atoms with van der Waals surface area (Å²) in [5, 5.41) is 14.6. The number of aromatic carboxylic acids is 1. The Morgan fingerprint density at radius 1 is 1.30 bits per heavy atom. The van der Waals surface area contributed by atoms with Crippen molar-refractivity contribution < 1.29 is 14.7 Å². The number of amides is 2. The predicted molar refractivity (Wildman–Crippen MR) is 79.2 cm³/mol. The molecule has 0 bridgehead atoms. The fourth-order valence-electron chi connectivity index (χ4n) is 1.86. The van der Waals surface area contributed by atoms with E-state index in [-0.39, 0.29) is 17.6 Å². The normalized spacial score (nSPS) is 13.4. The number of carboxylic acid groups (broad SMARTS) is 1. The second-order valence-corrected chi connectivity index (χ2v) is 5.08. The topological polar surface area (TPSA) is 78.4 Å². The van der Waals surface area contributed by atoms with E-state index in [1.165, 1.54) is 6.07 Å². The quantitative estimate of drug-likeness (QED) is 0.773. The van der Waals surface area contributed by atoms with E-state index in [1.807, 2.05) is 6.92 Å². The van der Waals surface area contributed by atoms with E-state index >= 15 is 0 Å². The second-order valence-electron chi connectivity index (χ2n) is 5.08. The summed E-state index contributed by atoms with van der Waals surface area (Å²) in [5.74, 6) is -0.699. The Balaban J connectivity index is 2.83. The molecule has 2 amide bonds. The maximum absolute atomic E-state index is 12.0. The molecule has 0 aliphatic heterocycles. The smallest absolute Gasteiger partial charge is 0.337 e. The number of aryl methyl sites for hydroxylation is 1. The number of carbonyl (C=O) groups excluding carboxylic acids is 1. The summed E-state index contributed by atoms with van der Waals surface area (Å²) in [6.45, 7) is 7.82. The molecule has 2 unspecified atom stereocenters. The molecule has 110 valence electrons. The van der Waals surface area contributed by atoms with Gasteiger partial charge in [-0.3, -0.25) is 0 Å². The number of hydrogen-bond acceptors (Lipinski definition) is 2. The van der Waals surface area contributed by atoms with Crippen molar-refractivity contribution in [1.29, 1.82) is 0 Å². The minimum absolute atomic E-state index is 0.0253.